The van der Waals surface area contributed by atoms with Crippen molar-refractivity contribution in [2.24, 2.45) is 0 Å². The summed E-state index contributed by atoms with van der Waals surface area (Å²) >= 11 is 0. The maximum absolute atomic E-state index is 5.86. The molecule has 0 radical (unpaired) electrons. The molecule has 0 atom stereocenters. The van der Waals surface area contributed by atoms with Crippen LogP contribution in [0, 0.1) is 0 Å². The molecule has 2 aromatic heterocycles. The number of para-hydroxylation sites is 1. The number of rotatable bonds is 9. The second-order valence-electron chi connectivity index (χ2n) is 7.30. The van der Waals surface area contributed by atoms with Crippen LogP contribution >= 0.6 is 0 Å². The van der Waals surface area contributed by atoms with E-state index in [2.05, 4.69) is 41.5 Å². The van der Waals surface area contributed by atoms with Crippen LogP contribution in [0.3, 0.4) is 0 Å². The minimum atomic E-state index is 0.760. The number of pyridine rings is 1. The van der Waals surface area contributed by atoms with Gasteiger partial charge in [0.1, 0.15) is 11.5 Å². The van der Waals surface area contributed by atoms with Crippen LogP contribution in [0.2, 0.25) is 0 Å². The van der Waals surface area contributed by atoms with Crippen LogP contribution in [0.5, 0.6) is 11.5 Å². The summed E-state index contributed by atoms with van der Waals surface area (Å²) in [5.41, 5.74) is 3.92. The molecule has 4 aromatic rings. The smallest absolute Gasteiger partial charge is 0.172 e. The van der Waals surface area contributed by atoms with Crippen LogP contribution in [0.1, 0.15) is 32.6 Å². The lowest BCUT2D eigenvalue weighted by atomic mass is 10.1. The molecule has 30 heavy (non-hydrogen) atoms. The molecule has 0 spiro atoms. The van der Waals surface area contributed by atoms with Gasteiger partial charge in [-0.15, -0.1) is 10.2 Å². The molecule has 0 bridgehead atoms. The quantitative estimate of drug-likeness (QED) is 0.321. The third-order valence-corrected chi connectivity index (χ3v) is 5.20. The van der Waals surface area contributed by atoms with Crippen molar-refractivity contribution < 1.29 is 9.47 Å². The lowest BCUT2D eigenvalue weighted by Gasteiger charge is -2.09. The minimum absolute atomic E-state index is 0.760. The summed E-state index contributed by atoms with van der Waals surface area (Å²) in [5.74, 6) is 2.45. The largest absolute Gasteiger partial charge is 0.496 e. The van der Waals surface area contributed by atoms with Crippen molar-refractivity contribution in [1.82, 2.24) is 14.6 Å². The Labute approximate surface area is 177 Å². The van der Waals surface area contributed by atoms with Gasteiger partial charge in [-0.2, -0.15) is 0 Å². The molecular formula is C25H27N3O2. The summed E-state index contributed by atoms with van der Waals surface area (Å²) < 4.78 is 13.4. The van der Waals surface area contributed by atoms with Crippen molar-refractivity contribution in [1.29, 1.82) is 0 Å². The highest BCUT2D eigenvalue weighted by atomic mass is 16.5. The van der Waals surface area contributed by atoms with Crippen LogP contribution in [0.25, 0.3) is 28.2 Å². The molecule has 4 rings (SSSR count). The molecule has 2 aromatic carbocycles. The van der Waals surface area contributed by atoms with E-state index in [0.717, 1.165) is 52.7 Å². The molecule has 0 unspecified atom stereocenters. The summed E-state index contributed by atoms with van der Waals surface area (Å²) in [4.78, 5) is 0. The molecule has 5 nitrogen and oxygen atoms in total. The number of ether oxygens (including phenoxy) is 2. The Balaban J connectivity index is 1.56. The molecule has 5 heteroatoms. The van der Waals surface area contributed by atoms with Gasteiger partial charge in [0.15, 0.2) is 11.5 Å². The lowest BCUT2D eigenvalue weighted by molar-refractivity contribution is 0.305. The van der Waals surface area contributed by atoms with E-state index in [9.17, 15) is 0 Å². The molecule has 0 aliphatic rings. The van der Waals surface area contributed by atoms with Crippen molar-refractivity contribution in [3.05, 3.63) is 66.9 Å². The highest BCUT2D eigenvalue weighted by molar-refractivity contribution is 5.70. The fourth-order valence-corrected chi connectivity index (χ4v) is 3.54. The van der Waals surface area contributed by atoms with Gasteiger partial charge in [0.25, 0.3) is 0 Å². The number of benzene rings is 2. The summed E-state index contributed by atoms with van der Waals surface area (Å²) in [6.07, 6.45) is 6.90. The lowest BCUT2D eigenvalue weighted by Crippen LogP contribution is -1.97. The first-order chi connectivity index (χ1) is 14.8. The number of fused-ring (bicyclic) bond motifs is 1. The molecule has 0 aliphatic carbocycles. The number of hydrogen-bond donors (Lipinski definition) is 0. The molecule has 2 heterocycles. The summed E-state index contributed by atoms with van der Waals surface area (Å²) in [5, 5.41) is 8.70. The average molecular weight is 402 g/mol. The third-order valence-electron chi connectivity index (χ3n) is 5.20. The summed E-state index contributed by atoms with van der Waals surface area (Å²) in [6, 6.07) is 20.2. The Kier molecular flexibility index (Phi) is 6.28. The van der Waals surface area contributed by atoms with E-state index in [1.807, 2.05) is 46.9 Å². The Bertz CT molecular complexity index is 1100. The Morgan fingerprint density at radius 2 is 1.63 bits per heavy atom. The maximum atomic E-state index is 5.86. The summed E-state index contributed by atoms with van der Waals surface area (Å²) in [7, 11) is 1.67. The number of unbranched alkanes of at least 4 members (excludes halogenated alkanes) is 3. The van der Waals surface area contributed by atoms with Gasteiger partial charge in [-0.1, -0.05) is 50.5 Å². The zero-order valence-electron chi connectivity index (χ0n) is 17.5. The monoisotopic (exact) mass is 401 g/mol. The fourth-order valence-electron chi connectivity index (χ4n) is 3.54. The topological polar surface area (TPSA) is 48.7 Å². The number of methoxy groups -OCH3 is 1. The SMILES string of the molecule is CCCCCCOc1ccc(-c2ccc3nnc(-c4ccccc4OC)n3c2)cc1. The summed E-state index contributed by atoms with van der Waals surface area (Å²) in [6.45, 7) is 2.99. The molecule has 154 valence electrons. The molecule has 0 amide bonds. The van der Waals surface area contributed by atoms with E-state index in [1.165, 1.54) is 19.3 Å². The van der Waals surface area contributed by atoms with E-state index in [4.69, 9.17) is 9.47 Å². The van der Waals surface area contributed by atoms with Crippen molar-refractivity contribution in [3.63, 3.8) is 0 Å². The van der Waals surface area contributed by atoms with Crippen LogP contribution in [-0.4, -0.2) is 28.3 Å². The van der Waals surface area contributed by atoms with E-state index in [0.29, 0.717) is 0 Å². The zero-order chi connectivity index (χ0) is 20.8. The first-order valence-electron chi connectivity index (χ1n) is 10.5. The second kappa shape index (κ2) is 9.44. The van der Waals surface area contributed by atoms with Crippen molar-refractivity contribution in [3.8, 4) is 34.0 Å². The average Bonchev–Trinajstić information content (AvgIpc) is 3.22. The van der Waals surface area contributed by atoms with Gasteiger partial charge in [0.2, 0.25) is 0 Å². The van der Waals surface area contributed by atoms with Gasteiger partial charge in [0, 0.05) is 6.20 Å². The molecular weight excluding hydrogens is 374 g/mol. The Morgan fingerprint density at radius 3 is 2.43 bits per heavy atom. The predicted octanol–water partition coefficient (Wildman–Crippen LogP) is 6.03. The van der Waals surface area contributed by atoms with Gasteiger partial charge >= 0.3 is 0 Å². The molecule has 0 N–H and O–H groups in total. The zero-order valence-corrected chi connectivity index (χ0v) is 17.5. The van der Waals surface area contributed by atoms with Crippen LogP contribution in [0.15, 0.2) is 66.9 Å². The van der Waals surface area contributed by atoms with Crippen LogP contribution in [0.4, 0.5) is 0 Å². The van der Waals surface area contributed by atoms with Gasteiger partial charge in [0.05, 0.1) is 19.3 Å². The van der Waals surface area contributed by atoms with Crippen molar-refractivity contribution in [2.45, 2.75) is 32.6 Å². The number of hydrogen-bond acceptors (Lipinski definition) is 4. The van der Waals surface area contributed by atoms with E-state index in [1.54, 1.807) is 7.11 Å². The highest BCUT2D eigenvalue weighted by Crippen LogP contribution is 2.30. The molecule has 0 fully saturated rings. The highest BCUT2D eigenvalue weighted by Gasteiger charge is 2.13. The third kappa shape index (κ3) is 4.30. The van der Waals surface area contributed by atoms with Crippen molar-refractivity contribution in [2.75, 3.05) is 13.7 Å². The number of aromatic nitrogens is 3. The standard InChI is InChI=1S/C25H27N3O2/c1-3-4-5-8-17-30-21-14-11-19(12-15-21)20-13-16-24-26-27-25(28(24)18-20)22-9-6-7-10-23(22)29-2/h6-7,9-16,18H,3-5,8,17H2,1-2H3. The maximum Gasteiger partial charge on any atom is 0.172 e. The van der Waals surface area contributed by atoms with E-state index in [-0.39, 0.29) is 0 Å². The molecule has 0 saturated carbocycles. The fraction of sp³-hybridized carbons (Fsp3) is 0.280. The minimum Gasteiger partial charge on any atom is -0.496 e. The molecule has 0 aliphatic heterocycles. The number of nitrogens with zero attached hydrogens (tertiary/aromatic N) is 3. The second-order valence-corrected chi connectivity index (χ2v) is 7.30. The van der Waals surface area contributed by atoms with Crippen LogP contribution < -0.4 is 9.47 Å². The van der Waals surface area contributed by atoms with Crippen LogP contribution in [-0.2, 0) is 0 Å². The van der Waals surface area contributed by atoms with Gasteiger partial charge in [-0.05, 0) is 53.9 Å². The normalized spacial score (nSPS) is 11.0. The molecule has 0 saturated heterocycles. The van der Waals surface area contributed by atoms with Gasteiger partial charge in [-0.3, -0.25) is 4.40 Å². The van der Waals surface area contributed by atoms with E-state index < -0.39 is 0 Å². The first kappa shape index (κ1) is 20.0. The van der Waals surface area contributed by atoms with E-state index >= 15 is 0 Å². The first-order valence-corrected chi connectivity index (χ1v) is 10.5. The Hall–Kier alpha value is -3.34. The Morgan fingerprint density at radius 1 is 0.833 bits per heavy atom. The predicted molar refractivity (Wildman–Crippen MR) is 120 cm³/mol. The van der Waals surface area contributed by atoms with Gasteiger partial charge in [-0.25, -0.2) is 0 Å². The van der Waals surface area contributed by atoms with Crippen molar-refractivity contribution >= 4 is 5.65 Å². The van der Waals surface area contributed by atoms with Gasteiger partial charge < -0.3 is 9.47 Å².